The predicted octanol–water partition coefficient (Wildman–Crippen LogP) is 3.73. The molecule has 0 radical (unpaired) electrons. The first-order valence-corrected chi connectivity index (χ1v) is 12.0. The monoisotopic (exact) mass is 481 g/mol. The molecule has 2 unspecified atom stereocenters. The van der Waals surface area contributed by atoms with Crippen LogP contribution in [-0.2, 0) is 0 Å². The van der Waals surface area contributed by atoms with Crippen LogP contribution in [0.1, 0.15) is 23.2 Å². The van der Waals surface area contributed by atoms with Crippen LogP contribution in [0.3, 0.4) is 0 Å². The summed E-state index contributed by atoms with van der Waals surface area (Å²) in [5, 5.41) is 3.98. The van der Waals surface area contributed by atoms with Crippen LogP contribution in [0.2, 0.25) is 0 Å². The second kappa shape index (κ2) is 8.99. The highest BCUT2D eigenvalue weighted by atomic mass is 16.5. The van der Waals surface area contributed by atoms with Crippen molar-refractivity contribution in [2.24, 2.45) is 0 Å². The van der Waals surface area contributed by atoms with Crippen LogP contribution >= 0.6 is 0 Å². The Bertz CT molecular complexity index is 1410. The van der Waals surface area contributed by atoms with Crippen molar-refractivity contribution in [1.82, 2.24) is 15.0 Å². The molecule has 1 amide bonds. The lowest BCUT2D eigenvalue weighted by Crippen LogP contribution is -2.54. The smallest absolute Gasteiger partial charge is 0.260 e. The number of carbonyl (C=O) groups excluding carboxylic acids is 1. The van der Waals surface area contributed by atoms with E-state index < -0.39 is 0 Å². The summed E-state index contributed by atoms with van der Waals surface area (Å²) in [4.78, 5) is 31.1. The fraction of sp³-hybridized carbons (Fsp3) is 0.259. The molecule has 2 saturated heterocycles. The number of fused-ring (bicyclic) bond motifs is 3. The van der Waals surface area contributed by atoms with Crippen LogP contribution in [0.25, 0.3) is 10.9 Å². The third-order valence-corrected chi connectivity index (χ3v) is 7.04. The third kappa shape index (κ3) is 4.02. The first-order valence-electron chi connectivity index (χ1n) is 12.0. The van der Waals surface area contributed by atoms with Crippen LogP contribution in [0.15, 0.2) is 67.0 Å². The van der Waals surface area contributed by atoms with E-state index in [0.717, 1.165) is 42.5 Å². The second-order valence-corrected chi connectivity index (χ2v) is 9.24. The molecule has 2 fully saturated rings. The van der Waals surface area contributed by atoms with Crippen LogP contribution < -0.4 is 25.6 Å². The molecule has 4 aromatic rings. The Morgan fingerprint density at radius 2 is 1.78 bits per heavy atom. The molecule has 2 aromatic carbocycles. The zero-order valence-corrected chi connectivity index (χ0v) is 20.0. The number of piperazine rings is 1. The van der Waals surface area contributed by atoms with Gasteiger partial charge in [0.25, 0.3) is 5.91 Å². The lowest BCUT2D eigenvalue weighted by atomic mass is 10.1. The zero-order chi connectivity index (χ0) is 24.6. The molecule has 9 heteroatoms. The third-order valence-electron chi connectivity index (χ3n) is 7.04. The van der Waals surface area contributed by atoms with Gasteiger partial charge in [0.2, 0.25) is 5.95 Å². The summed E-state index contributed by atoms with van der Waals surface area (Å²) in [5.74, 6) is 1.09. The van der Waals surface area contributed by atoms with Crippen molar-refractivity contribution in [2.45, 2.75) is 24.9 Å². The largest absolute Gasteiger partial charge is 0.497 e. The maximum absolute atomic E-state index is 12.8. The number of hydrogen-bond acceptors (Lipinski definition) is 8. The van der Waals surface area contributed by atoms with Crippen molar-refractivity contribution < 1.29 is 9.53 Å². The topological polar surface area (TPSA) is 110 Å². The van der Waals surface area contributed by atoms with Gasteiger partial charge in [-0.2, -0.15) is 4.98 Å². The van der Waals surface area contributed by atoms with Crippen LogP contribution in [-0.4, -0.2) is 53.1 Å². The minimum atomic E-state index is -0.349. The minimum Gasteiger partial charge on any atom is -0.497 e. The number of para-hydroxylation sites is 1. The van der Waals surface area contributed by atoms with Crippen LogP contribution in [0.4, 0.5) is 23.1 Å². The molecule has 0 aliphatic carbocycles. The number of nitrogens with one attached hydrogen (secondary N) is 1. The minimum absolute atomic E-state index is 0.166. The molecule has 3 N–H and O–H groups in total. The number of nitrogen functional groups attached to an aromatic ring is 1. The number of pyridine rings is 1. The van der Waals surface area contributed by atoms with Gasteiger partial charge in [-0.3, -0.25) is 9.78 Å². The van der Waals surface area contributed by atoms with Gasteiger partial charge in [0.15, 0.2) is 0 Å². The molecule has 2 atom stereocenters. The van der Waals surface area contributed by atoms with E-state index in [1.54, 1.807) is 31.4 Å². The van der Waals surface area contributed by atoms with E-state index in [9.17, 15) is 4.79 Å². The number of carbonyl (C=O) groups is 1. The van der Waals surface area contributed by atoms with E-state index in [-0.39, 0.29) is 17.3 Å². The van der Waals surface area contributed by atoms with Crippen molar-refractivity contribution in [3.63, 3.8) is 0 Å². The van der Waals surface area contributed by atoms with E-state index in [0.29, 0.717) is 29.5 Å². The molecule has 182 valence electrons. The first-order chi connectivity index (χ1) is 17.6. The Hall–Kier alpha value is -4.40. The van der Waals surface area contributed by atoms with Gasteiger partial charge in [-0.15, -0.1) is 0 Å². The number of ether oxygens (including phenoxy) is 1. The Morgan fingerprint density at radius 1 is 1.03 bits per heavy atom. The number of nitrogens with two attached hydrogens (primary N) is 1. The van der Waals surface area contributed by atoms with Gasteiger partial charge in [0.05, 0.1) is 24.5 Å². The first kappa shape index (κ1) is 22.1. The van der Waals surface area contributed by atoms with Crippen molar-refractivity contribution in [3.8, 4) is 5.75 Å². The number of amides is 1. The Balaban J connectivity index is 1.17. The molecule has 0 spiro atoms. The highest BCUT2D eigenvalue weighted by Gasteiger charge is 2.41. The molecular weight excluding hydrogens is 454 g/mol. The van der Waals surface area contributed by atoms with Gasteiger partial charge in [-0.05, 0) is 49.2 Å². The number of benzene rings is 2. The standard InChI is InChI=1S/C27H27N7O2/c1-36-22-10-6-18(7-11-22)31-26(35)23-14-30-27(32-25(23)28)33-15-19-8-9-20(16-33)34(19)21-12-17-4-2-3-5-24(17)29-13-21/h2-7,10-14,19-20H,8-9,15-16H2,1H3,(H,31,35)(H2,28,30,32). The fourth-order valence-corrected chi connectivity index (χ4v) is 5.27. The van der Waals surface area contributed by atoms with E-state index >= 15 is 0 Å². The van der Waals surface area contributed by atoms with E-state index in [4.69, 9.17) is 10.5 Å². The van der Waals surface area contributed by atoms with Crippen LogP contribution in [0, 0.1) is 0 Å². The molecule has 4 heterocycles. The summed E-state index contributed by atoms with van der Waals surface area (Å²) in [6.07, 6.45) is 5.70. The number of methoxy groups -OCH3 is 1. The SMILES string of the molecule is COc1ccc(NC(=O)c2cnc(N3CC4CCC(C3)N4c3cnc4ccccc4c3)nc2N)cc1. The van der Waals surface area contributed by atoms with Gasteiger partial charge < -0.3 is 25.6 Å². The lowest BCUT2D eigenvalue weighted by Gasteiger charge is -2.42. The fourth-order valence-electron chi connectivity index (χ4n) is 5.27. The molecule has 0 saturated carbocycles. The maximum atomic E-state index is 12.8. The highest BCUT2D eigenvalue weighted by molar-refractivity contribution is 6.07. The lowest BCUT2D eigenvalue weighted by molar-refractivity contribution is 0.102. The number of hydrogen-bond donors (Lipinski definition) is 2. The Morgan fingerprint density at radius 3 is 2.50 bits per heavy atom. The molecule has 36 heavy (non-hydrogen) atoms. The molecular formula is C27H27N7O2. The maximum Gasteiger partial charge on any atom is 0.260 e. The molecule has 2 aromatic heterocycles. The summed E-state index contributed by atoms with van der Waals surface area (Å²) in [5.41, 5.74) is 9.26. The van der Waals surface area contributed by atoms with Crippen molar-refractivity contribution in [1.29, 1.82) is 0 Å². The molecule has 6 rings (SSSR count). The average Bonchev–Trinajstić information content (AvgIpc) is 3.17. The van der Waals surface area contributed by atoms with Gasteiger partial charge >= 0.3 is 0 Å². The van der Waals surface area contributed by atoms with E-state index in [2.05, 4.69) is 42.2 Å². The van der Waals surface area contributed by atoms with Gasteiger partial charge in [-0.1, -0.05) is 18.2 Å². The van der Waals surface area contributed by atoms with Crippen LogP contribution in [0.5, 0.6) is 5.75 Å². The Kier molecular flexibility index (Phi) is 5.52. The van der Waals surface area contributed by atoms with Gasteiger partial charge in [0, 0.05) is 42.4 Å². The predicted molar refractivity (Wildman–Crippen MR) is 141 cm³/mol. The normalized spacial score (nSPS) is 18.9. The average molecular weight is 482 g/mol. The number of aromatic nitrogens is 3. The quantitative estimate of drug-likeness (QED) is 0.444. The molecule has 9 nitrogen and oxygen atoms in total. The van der Waals surface area contributed by atoms with Crippen molar-refractivity contribution in [3.05, 3.63) is 72.6 Å². The Labute approximate surface area is 208 Å². The number of anilines is 4. The summed E-state index contributed by atoms with van der Waals surface area (Å²) < 4.78 is 5.15. The molecule has 2 bridgehead atoms. The number of nitrogens with zero attached hydrogens (tertiary/aromatic N) is 5. The van der Waals surface area contributed by atoms with E-state index in [1.165, 1.54) is 6.20 Å². The van der Waals surface area contributed by atoms with Crippen molar-refractivity contribution >= 4 is 40.0 Å². The molecule has 2 aliphatic heterocycles. The van der Waals surface area contributed by atoms with Crippen molar-refractivity contribution in [2.75, 3.05) is 41.0 Å². The number of rotatable bonds is 5. The van der Waals surface area contributed by atoms with Gasteiger partial charge in [-0.25, -0.2) is 4.98 Å². The highest BCUT2D eigenvalue weighted by Crippen LogP contribution is 2.36. The summed E-state index contributed by atoms with van der Waals surface area (Å²) >= 11 is 0. The summed E-state index contributed by atoms with van der Waals surface area (Å²) in [6.45, 7) is 1.58. The summed E-state index contributed by atoms with van der Waals surface area (Å²) in [7, 11) is 1.60. The van der Waals surface area contributed by atoms with Gasteiger partial charge in [0.1, 0.15) is 17.1 Å². The molecule has 2 aliphatic rings. The second-order valence-electron chi connectivity index (χ2n) is 9.24. The summed E-state index contributed by atoms with van der Waals surface area (Å²) in [6, 6.07) is 18.2. The van der Waals surface area contributed by atoms with E-state index in [1.807, 2.05) is 24.4 Å². The zero-order valence-electron chi connectivity index (χ0n) is 20.0.